The minimum absolute atomic E-state index is 0.00234. The molecule has 1 aromatic heterocycles. The Bertz CT molecular complexity index is 360. The Kier molecular flexibility index (Phi) is 5.15. The molecular formula is C12H21N3O2. The highest BCUT2D eigenvalue weighted by atomic mass is 16.3. The average molecular weight is 239 g/mol. The largest absolute Gasteiger partial charge is 0.396 e. The molecule has 0 spiro atoms. The zero-order valence-electron chi connectivity index (χ0n) is 10.7. The molecule has 5 nitrogen and oxygen atoms in total. The molecule has 1 heterocycles. The van der Waals surface area contributed by atoms with Crippen molar-refractivity contribution in [2.24, 2.45) is 5.92 Å². The summed E-state index contributed by atoms with van der Waals surface area (Å²) in [7, 11) is 0. The van der Waals surface area contributed by atoms with Crippen LogP contribution in [0.5, 0.6) is 0 Å². The summed E-state index contributed by atoms with van der Waals surface area (Å²) in [5, 5.41) is 15.9. The lowest BCUT2D eigenvalue weighted by atomic mass is 10.0. The Morgan fingerprint density at radius 3 is 2.76 bits per heavy atom. The van der Waals surface area contributed by atoms with E-state index in [0.717, 1.165) is 6.54 Å². The van der Waals surface area contributed by atoms with E-state index in [1.807, 2.05) is 20.8 Å². The van der Waals surface area contributed by atoms with E-state index >= 15 is 0 Å². The van der Waals surface area contributed by atoms with E-state index in [9.17, 15) is 4.79 Å². The molecule has 1 rings (SSSR count). The Morgan fingerprint density at radius 1 is 1.59 bits per heavy atom. The molecule has 2 N–H and O–H groups in total. The van der Waals surface area contributed by atoms with Crippen LogP contribution in [-0.4, -0.2) is 33.4 Å². The molecule has 17 heavy (non-hydrogen) atoms. The molecule has 5 heteroatoms. The molecule has 0 bridgehead atoms. The molecule has 0 aliphatic rings. The number of amides is 1. The number of hydrogen-bond acceptors (Lipinski definition) is 3. The summed E-state index contributed by atoms with van der Waals surface area (Å²) < 4.78 is 1.71. The van der Waals surface area contributed by atoms with Crippen LogP contribution in [0.25, 0.3) is 0 Å². The van der Waals surface area contributed by atoms with Crippen LogP contribution >= 0.6 is 0 Å². The zero-order valence-corrected chi connectivity index (χ0v) is 10.7. The van der Waals surface area contributed by atoms with E-state index in [-0.39, 0.29) is 18.6 Å². The van der Waals surface area contributed by atoms with Crippen molar-refractivity contribution in [1.82, 2.24) is 15.1 Å². The van der Waals surface area contributed by atoms with Crippen molar-refractivity contribution in [1.29, 1.82) is 0 Å². The fourth-order valence-corrected chi connectivity index (χ4v) is 1.62. The van der Waals surface area contributed by atoms with Crippen LogP contribution in [0.3, 0.4) is 0 Å². The number of aryl methyl sites for hydroxylation is 1. The van der Waals surface area contributed by atoms with Crippen LogP contribution in [0.1, 0.15) is 37.6 Å². The van der Waals surface area contributed by atoms with Gasteiger partial charge in [-0.3, -0.25) is 9.48 Å². The maximum Gasteiger partial charge on any atom is 0.254 e. The first-order chi connectivity index (χ1) is 8.08. The van der Waals surface area contributed by atoms with E-state index in [0.29, 0.717) is 17.9 Å². The van der Waals surface area contributed by atoms with E-state index in [4.69, 9.17) is 5.11 Å². The molecule has 0 radical (unpaired) electrons. The van der Waals surface area contributed by atoms with Gasteiger partial charge < -0.3 is 10.4 Å². The second-order valence-electron chi connectivity index (χ2n) is 4.42. The Labute approximate surface area is 102 Å². The second-order valence-corrected chi connectivity index (χ2v) is 4.42. The summed E-state index contributed by atoms with van der Waals surface area (Å²) in [5.74, 6) is 0.171. The van der Waals surface area contributed by atoms with Gasteiger partial charge in [0.25, 0.3) is 5.91 Å². The van der Waals surface area contributed by atoms with Crippen LogP contribution in [0, 0.1) is 5.92 Å². The standard InChI is InChI=1S/C12H21N3O2/c1-4-15-8-10(7-13-15)12(17)14-11(5-6-16)9(2)3/h7-9,11,16H,4-6H2,1-3H3,(H,14,17). The van der Waals surface area contributed by atoms with Crippen molar-refractivity contribution in [3.8, 4) is 0 Å². The summed E-state index contributed by atoms with van der Waals surface area (Å²) in [5.41, 5.74) is 0.565. The van der Waals surface area contributed by atoms with Crippen molar-refractivity contribution in [2.45, 2.75) is 39.8 Å². The number of rotatable bonds is 6. The summed E-state index contributed by atoms with van der Waals surface area (Å²) in [6.45, 7) is 6.85. The van der Waals surface area contributed by atoms with Crippen molar-refractivity contribution >= 4 is 5.91 Å². The molecule has 96 valence electrons. The smallest absolute Gasteiger partial charge is 0.254 e. The predicted molar refractivity (Wildman–Crippen MR) is 65.7 cm³/mol. The molecule has 0 aliphatic heterocycles. The fraction of sp³-hybridized carbons (Fsp3) is 0.667. The number of nitrogens with zero attached hydrogens (tertiary/aromatic N) is 2. The van der Waals surface area contributed by atoms with Crippen LogP contribution in [0.2, 0.25) is 0 Å². The number of nitrogens with one attached hydrogen (secondary N) is 1. The molecule has 0 aliphatic carbocycles. The van der Waals surface area contributed by atoms with Gasteiger partial charge in [0.1, 0.15) is 0 Å². The molecule has 0 fully saturated rings. The molecule has 0 saturated carbocycles. The molecule has 1 amide bonds. The molecule has 1 aromatic rings. The van der Waals surface area contributed by atoms with Crippen molar-refractivity contribution in [3.63, 3.8) is 0 Å². The highest BCUT2D eigenvalue weighted by Gasteiger charge is 2.17. The van der Waals surface area contributed by atoms with Gasteiger partial charge in [-0.1, -0.05) is 13.8 Å². The Morgan fingerprint density at radius 2 is 2.29 bits per heavy atom. The number of hydrogen-bond donors (Lipinski definition) is 2. The number of carbonyl (C=O) groups is 1. The maximum atomic E-state index is 11.9. The summed E-state index contributed by atoms with van der Waals surface area (Å²) >= 11 is 0. The van der Waals surface area contributed by atoms with Crippen LogP contribution in [0.4, 0.5) is 0 Å². The van der Waals surface area contributed by atoms with Gasteiger partial charge in [-0.25, -0.2) is 0 Å². The number of aliphatic hydroxyl groups is 1. The topological polar surface area (TPSA) is 67.2 Å². The Hall–Kier alpha value is -1.36. The maximum absolute atomic E-state index is 11.9. The van der Waals surface area contributed by atoms with E-state index in [2.05, 4.69) is 10.4 Å². The summed E-state index contributed by atoms with van der Waals surface area (Å²) in [4.78, 5) is 11.9. The third-order valence-electron chi connectivity index (χ3n) is 2.78. The lowest BCUT2D eigenvalue weighted by Gasteiger charge is -2.21. The SMILES string of the molecule is CCn1cc(C(=O)NC(CCO)C(C)C)cn1. The average Bonchev–Trinajstić information content (AvgIpc) is 2.76. The molecule has 0 saturated heterocycles. The highest BCUT2D eigenvalue weighted by molar-refractivity contribution is 5.93. The van der Waals surface area contributed by atoms with Crippen LogP contribution in [0.15, 0.2) is 12.4 Å². The molecule has 0 aromatic carbocycles. The van der Waals surface area contributed by atoms with E-state index < -0.39 is 0 Å². The zero-order chi connectivity index (χ0) is 12.8. The monoisotopic (exact) mass is 239 g/mol. The van der Waals surface area contributed by atoms with Crippen LogP contribution in [-0.2, 0) is 6.54 Å². The lowest BCUT2D eigenvalue weighted by Crippen LogP contribution is -2.39. The van der Waals surface area contributed by atoms with Crippen LogP contribution < -0.4 is 5.32 Å². The molecule has 1 unspecified atom stereocenters. The lowest BCUT2D eigenvalue weighted by molar-refractivity contribution is 0.0916. The minimum Gasteiger partial charge on any atom is -0.396 e. The first kappa shape index (κ1) is 13.7. The quantitative estimate of drug-likeness (QED) is 0.779. The highest BCUT2D eigenvalue weighted by Crippen LogP contribution is 2.07. The first-order valence-electron chi connectivity index (χ1n) is 6.02. The van der Waals surface area contributed by atoms with Gasteiger partial charge >= 0.3 is 0 Å². The van der Waals surface area contributed by atoms with Gasteiger partial charge in [0.15, 0.2) is 0 Å². The first-order valence-corrected chi connectivity index (χ1v) is 6.02. The van der Waals surface area contributed by atoms with E-state index in [1.165, 1.54) is 0 Å². The number of aromatic nitrogens is 2. The van der Waals surface area contributed by atoms with Crippen molar-refractivity contribution in [3.05, 3.63) is 18.0 Å². The van der Waals surface area contributed by atoms with Crippen molar-refractivity contribution in [2.75, 3.05) is 6.61 Å². The van der Waals surface area contributed by atoms with Gasteiger partial charge in [0.2, 0.25) is 0 Å². The third kappa shape index (κ3) is 3.85. The van der Waals surface area contributed by atoms with Gasteiger partial charge in [-0.15, -0.1) is 0 Å². The predicted octanol–water partition coefficient (Wildman–Crippen LogP) is 1.04. The van der Waals surface area contributed by atoms with Crippen molar-refractivity contribution < 1.29 is 9.90 Å². The molecular weight excluding hydrogens is 218 g/mol. The van der Waals surface area contributed by atoms with E-state index in [1.54, 1.807) is 17.1 Å². The van der Waals surface area contributed by atoms with Gasteiger partial charge in [-0.2, -0.15) is 5.10 Å². The van der Waals surface area contributed by atoms with Gasteiger partial charge in [0.05, 0.1) is 11.8 Å². The third-order valence-corrected chi connectivity index (χ3v) is 2.78. The Balaban J connectivity index is 2.63. The second kappa shape index (κ2) is 6.39. The summed E-state index contributed by atoms with van der Waals surface area (Å²) in [6.07, 6.45) is 3.87. The number of carbonyl (C=O) groups excluding carboxylic acids is 1. The normalized spacial score (nSPS) is 12.8. The summed E-state index contributed by atoms with van der Waals surface area (Å²) in [6, 6.07) is -0.00234. The molecule has 1 atom stereocenters. The van der Waals surface area contributed by atoms with Gasteiger partial charge in [-0.05, 0) is 19.3 Å². The van der Waals surface area contributed by atoms with Gasteiger partial charge in [0, 0.05) is 25.4 Å². The fourth-order valence-electron chi connectivity index (χ4n) is 1.62. The minimum atomic E-state index is -0.128. The number of aliphatic hydroxyl groups excluding tert-OH is 1.